The van der Waals surface area contributed by atoms with Gasteiger partial charge in [0.2, 0.25) is 0 Å². The fraction of sp³-hybridized carbons (Fsp3) is 0.300. The molecule has 1 aromatic carbocycles. The van der Waals surface area contributed by atoms with Gasteiger partial charge in [-0.25, -0.2) is 13.2 Å². The Balaban J connectivity index is 0.00000256. The molecule has 0 radical (unpaired) electrons. The van der Waals surface area contributed by atoms with E-state index in [0.717, 1.165) is 12.1 Å². The predicted molar refractivity (Wildman–Crippen MR) is 60.0 cm³/mol. The van der Waals surface area contributed by atoms with Crippen LogP contribution in [-0.4, -0.2) is 24.9 Å². The van der Waals surface area contributed by atoms with Gasteiger partial charge in [0.05, 0.1) is 13.1 Å². The van der Waals surface area contributed by atoms with E-state index in [1.165, 1.54) is 12.1 Å². The Morgan fingerprint density at radius 3 is 2.29 bits per heavy atom. The lowest BCUT2D eigenvalue weighted by atomic mass is 10.2. The molecule has 0 fully saturated rings. The molecule has 1 rings (SSSR count). The van der Waals surface area contributed by atoms with Crippen molar-refractivity contribution in [2.45, 2.75) is 5.92 Å². The first-order valence-electron chi connectivity index (χ1n) is 4.56. The largest absolute Gasteiger partial charge is 0.346 e. The number of carbonyl (C=O) groups is 1. The molecule has 0 aromatic heterocycles. The monoisotopic (exact) mass is 268 g/mol. The van der Waals surface area contributed by atoms with Crippen molar-refractivity contribution in [3.05, 3.63) is 35.6 Å². The minimum atomic E-state index is -3.13. The molecular formula is C10H12ClF3N2O. The SMILES string of the molecule is Cl.NCC(F)(F)CNC(=O)c1ccc(F)cc1. The molecule has 7 heteroatoms. The fourth-order valence-corrected chi connectivity index (χ4v) is 0.985. The Morgan fingerprint density at radius 1 is 1.29 bits per heavy atom. The lowest BCUT2D eigenvalue weighted by Gasteiger charge is -2.14. The maximum absolute atomic E-state index is 12.7. The first kappa shape index (κ1) is 15.7. The number of nitrogens with two attached hydrogens (primary N) is 1. The maximum Gasteiger partial charge on any atom is 0.277 e. The number of nitrogens with one attached hydrogen (secondary N) is 1. The van der Waals surface area contributed by atoms with Crippen LogP contribution in [0.1, 0.15) is 10.4 Å². The molecule has 0 atom stereocenters. The summed E-state index contributed by atoms with van der Waals surface area (Å²) < 4.78 is 37.9. The molecule has 0 saturated carbocycles. The average molecular weight is 269 g/mol. The van der Waals surface area contributed by atoms with E-state index in [1.807, 2.05) is 5.32 Å². The second kappa shape index (κ2) is 6.46. The van der Waals surface area contributed by atoms with E-state index < -0.39 is 30.7 Å². The molecule has 96 valence electrons. The number of benzene rings is 1. The lowest BCUT2D eigenvalue weighted by molar-refractivity contribution is 0.0118. The van der Waals surface area contributed by atoms with Crippen LogP contribution in [0, 0.1) is 5.82 Å². The number of hydrogen-bond donors (Lipinski definition) is 2. The number of carbonyl (C=O) groups excluding carboxylic acids is 1. The van der Waals surface area contributed by atoms with Crippen LogP contribution in [0.2, 0.25) is 0 Å². The average Bonchev–Trinajstić information content (AvgIpc) is 2.27. The molecule has 0 bridgehead atoms. The summed E-state index contributed by atoms with van der Waals surface area (Å²) in [6, 6.07) is 4.59. The Morgan fingerprint density at radius 2 is 1.82 bits per heavy atom. The zero-order chi connectivity index (χ0) is 12.2. The van der Waals surface area contributed by atoms with Crippen LogP contribution < -0.4 is 11.1 Å². The van der Waals surface area contributed by atoms with Crippen molar-refractivity contribution in [3.8, 4) is 0 Å². The van der Waals surface area contributed by atoms with Gasteiger partial charge in [-0.3, -0.25) is 4.79 Å². The van der Waals surface area contributed by atoms with Crippen LogP contribution in [0.15, 0.2) is 24.3 Å². The van der Waals surface area contributed by atoms with E-state index >= 15 is 0 Å². The second-order valence-corrected chi connectivity index (χ2v) is 3.25. The minimum Gasteiger partial charge on any atom is -0.346 e. The number of hydrogen-bond acceptors (Lipinski definition) is 2. The van der Waals surface area contributed by atoms with Crippen molar-refractivity contribution in [2.24, 2.45) is 5.73 Å². The van der Waals surface area contributed by atoms with Gasteiger partial charge in [0.25, 0.3) is 11.8 Å². The highest BCUT2D eigenvalue weighted by atomic mass is 35.5. The molecule has 0 spiro atoms. The summed E-state index contributed by atoms with van der Waals surface area (Å²) in [5.74, 6) is -4.31. The van der Waals surface area contributed by atoms with Crippen molar-refractivity contribution in [3.63, 3.8) is 0 Å². The first-order chi connectivity index (χ1) is 7.44. The molecule has 0 saturated heterocycles. The summed E-state index contributed by atoms with van der Waals surface area (Å²) in [6.45, 7) is -1.67. The van der Waals surface area contributed by atoms with Crippen LogP contribution in [0.4, 0.5) is 13.2 Å². The third-order valence-corrected chi connectivity index (χ3v) is 1.91. The van der Waals surface area contributed by atoms with Crippen LogP contribution in [-0.2, 0) is 0 Å². The standard InChI is InChI=1S/C10H11F3N2O.ClH/c11-8-3-1-7(2-4-8)9(16)15-6-10(12,13)5-14;/h1-4H,5-6,14H2,(H,15,16);1H. The molecule has 3 N–H and O–H groups in total. The number of rotatable bonds is 4. The summed E-state index contributed by atoms with van der Waals surface area (Å²) >= 11 is 0. The smallest absolute Gasteiger partial charge is 0.277 e. The predicted octanol–water partition coefficient (Wildman–Crippen LogP) is 1.57. The minimum absolute atomic E-state index is 0. The lowest BCUT2D eigenvalue weighted by Crippen LogP contribution is -2.41. The van der Waals surface area contributed by atoms with Gasteiger partial charge in [-0.05, 0) is 24.3 Å². The second-order valence-electron chi connectivity index (χ2n) is 3.25. The van der Waals surface area contributed by atoms with Crippen LogP contribution >= 0.6 is 12.4 Å². The van der Waals surface area contributed by atoms with Gasteiger partial charge in [-0.15, -0.1) is 12.4 Å². The zero-order valence-electron chi connectivity index (χ0n) is 8.75. The van der Waals surface area contributed by atoms with Crippen molar-refractivity contribution < 1.29 is 18.0 Å². The van der Waals surface area contributed by atoms with E-state index in [-0.39, 0.29) is 18.0 Å². The third-order valence-electron chi connectivity index (χ3n) is 1.91. The summed E-state index contributed by atoms with van der Waals surface area (Å²) in [7, 11) is 0. The molecule has 0 aliphatic carbocycles. The molecule has 0 heterocycles. The van der Waals surface area contributed by atoms with Gasteiger partial charge < -0.3 is 11.1 Å². The van der Waals surface area contributed by atoms with Gasteiger partial charge in [0, 0.05) is 5.56 Å². The van der Waals surface area contributed by atoms with Crippen molar-refractivity contribution in [1.82, 2.24) is 5.32 Å². The molecule has 1 aromatic rings. The van der Waals surface area contributed by atoms with Gasteiger partial charge >= 0.3 is 0 Å². The number of alkyl halides is 2. The number of amides is 1. The van der Waals surface area contributed by atoms with Gasteiger partial charge in [0.1, 0.15) is 5.82 Å². The van der Waals surface area contributed by atoms with Crippen molar-refractivity contribution in [1.29, 1.82) is 0 Å². The maximum atomic E-state index is 12.7. The summed E-state index contributed by atoms with van der Waals surface area (Å²) in [6.07, 6.45) is 0. The van der Waals surface area contributed by atoms with Gasteiger partial charge in [0.15, 0.2) is 0 Å². The highest BCUT2D eigenvalue weighted by Gasteiger charge is 2.27. The Bertz CT molecular complexity index is 370. The van der Waals surface area contributed by atoms with E-state index in [9.17, 15) is 18.0 Å². The normalized spacial score (nSPS) is 10.6. The fourth-order valence-electron chi connectivity index (χ4n) is 0.985. The summed E-state index contributed by atoms with van der Waals surface area (Å²) in [4.78, 5) is 11.3. The first-order valence-corrected chi connectivity index (χ1v) is 4.56. The van der Waals surface area contributed by atoms with Crippen molar-refractivity contribution >= 4 is 18.3 Å². The van der Waals surface area contributed by atoms with Crippen LogP contribution in [0.3, 0.4) is 0 Å². The topological polar surface area (TPSA) is 55.1 Å². The van der Waals surface area contributed by atoms with E-state index in [0.29, 0.717) is 0 Å². The highest BCUT2D eigenvalue weighted by molar-refractivity contribution is 5.94. The molecule has 0 unspecified atom stereocenters. The quantitative estimate of drug-likeness (QED) is 0.871. The Kier molecular flexibility index (Phi) is 5.98. The molecular weight excluding hydrogens is 257 g/mol. The van der Waals surface area contributed by atoms with E-state index in [2.05, 4.69) is 0 Å². The van der Waals surface area contributed by atoms with Crippen molar-refractivity contribution in [2.75, 3.05) is 13.1 Å². The highest BCUT2D eigenvalue weighted by Crippen LogP contribution is 2.09. The molecule has 17 heavy (non-hydrogen) atoms. The van der Waals surface area contributed by atoms with Crippen LogP contribution in [0.5, 0.6) is 0 Å². The molecule has 0 aliphatic heterocycles. The molecule has 1 amide bonds. The Labute approximate surface area is 103 Å². The molecule has 3 nitrogen and oxygen atoms in total. The van der Waals surface area contributed by atoms with Gasteiger partial charge in [-0.2, -0.15) is 0 Å². The number of halogens is 4. The van der Waals surface area contributed by atoms with E-state index in [4.69, 9.17) is 5.73 Å². The summed E-state index contributed by atoms with van der Waals surface area (Å²) in [5.41, 5.74) is 4.92. The summed E-state index contributed by atoms with van der Waals surface area (Å²) in [5, 5.41) is 2.02. The van der Waals surface area contributed by atoms with Crippen LogP contribution in [0.25, 0.3) is 0 Å². The zero-order valence-corrected chi connectivity index (χ0v) is 9.57. The Hall–Kier alpha value is -1.27. The van der Waals surface area contributed by atoms with Gasteiger partial charge in [-0.1, -0.05) is 0 Å². The van der Waals surface area contributed by atoms with E-state index in [1.54, 1.807) is 0 Å². The third kappa shape index (κ3) is 5.06. The molecule has 0 aliphatic rings.